The molecule has 0 saturated heterocycles. The number of thioether (sulfide) groups is 1. The van der Waals surface area contributed by atoms with Crippen molar-refractivity contribution in [1.29, 1.82) is 0 Å². The minimum Gasteiger partial charge on any atom is -0.383 e. The fourth-order valence-corrected chi connectivity index (χ4v) is 2.26. The lowest BCUT2D eigenvalue weighted by Crippen LogP contribution is -2.34. The third-order valence-corrected chi connectivity index (χ3v) is 3.68. The summed E-state index contributed by atoms with van der Waals surface area (Å²) in [7, 11) is 0. The molecule has 5 nitrogen and oxygen atoms in total. The van der Waals surface area contributed by atoms with Gasteiger partial charge >= 0.3 is 0 Å². The standard InChI is InChI=1S/C15H17FN2O3S/c1-22-7-6-14(19)15(20)17-9-12-8-13(18-21-12)10-2-4-11(16)5-3-10/h2-5,8,14,19H,6-7,9H2,1H3,(H,17,20)/t14-/m0/s1. The maximum Gasteiger partial charge on any atom is 0.249 e. The van der Waals surface area contributed by atoms with Crippen molar-refractivity contribution in [3.05, 3.63) is 41.9 Å². The summed E-state index contributed by atoms with van der Waals surface area (Å²) >= 11 is 1.57. The monoisotopic (exact) mass is 324 g/mol. The Labute approximate surface area is 131 Å². The number of hydrogen-bond acceptors (Lipinski definition) is 5. The van der Waals surface area contributed by atoms with Crippen molar-refractivity contribution < 1.29 is 18.8 Å². The number of halogens is 1. The Morgan fingerprint density at radius 1 is 1.45 bits per heavy atom. The van der Waals surface area contributed by atoms with E-state index in [1.54, 1.807) is 30.0 Å². The Hall–Kier alpha value is -1.86. The number of carbonyl (C=O) groups excluding carboxylic acids is 1. The number of nitrogens with zero attached hydrogens (tertiary/aromatic N) is 1. The molecule has 7 heteroatoms. The molecule has 1 aromatic heterocycles. The van der Waals surface area contributed by atoms with Gasteiger partial charge < -0.3 is 14.9 Å². The maximum atomic E-state index is 12.9. The lowest BCUT2D eigenvalue weighted by atomic mass is 10.1. The molecule has 2 aromatic rings. The summed E-state index contributed by atoms with van der Waals surface area (Å²) in [5.41, 5.74) is 1.29. The summed E-state index contributed by atoms with van der Waals surface area (Å²) in [4.78, 5) is 11.7. The molecule has 0 aliphatic carbocycles. The van der Waals surface area contributed by atoms with Gasteiger partial charge in [0.15, 0.2) is 5.76 Å². The first kappa shape index (κ1) is 16.5. The third-order valence-electron chi connectivity index (χ3n) is 3.03. The van der Waals surface area contributed by atoms with Crippen molar-refractivity contribution in [3.8, 4) is 11.3 Å². The summed E-state index contributed by atoms with van der Waals surface area (Å²) < 4.78 is 18.0. The summed E-state index contributed by atoms with van der Waals surface area (Å²) in [6.45, 7) is 0.142. The normalized spacial score (nSPS) is 12.1. The molecular weight excluding hydrogens is 307 g/mol. The van der Waals surface area contributed by atoms with Crippen LogP contribution in [0.4, 0.5) is 4.39 Å². The Morgan fingerprint density at radius 2 is 2.18 bits per heavy atom. The van der Waals surface area contributed by atoms with Crippen LogP contribution in [0.25, 0.3) is 11.3 Å². The summed E-state index contributed by atoms with van der Waals surface area (Å²) in [6.07, 6.45) is 1.30. The van der Waals surface area contributed by atoms with Gasteiger partial charge in [-0.3, -0.25) is 4.79 Å². The molecule has 0 unspecified atom stereocenters. The van der Waals surface area contributed by atoms with Crippen molar-refractivity contribution in [1.82, 2.24) is 10.5 Å². The molecule has 2 rings (SSSR count). The number of aliphatic hydroxyl groups excluding tert-OH is 1. The van der Waals surface area contributed by atoms with E-state index in [2.05, 4.69) is 10.5 Å². The topological polar surface area (TPSA) is 75.4 Å². The molecule has 0 saturated carbocycles. The number of hydrogen-bond donors (Lipinski definition) is 2. The molecule has 2 N–H and O–H groups in total. The molecule has 1 amide bonds. The van der Waals surface area contributed by atoms with Crippen LogP contribution in [0, 0.1) is 5.82 Å². The smallest absolute Gasteiger partial charge is 0.249 e. The van der Waals surface area contributed by atoms with Gasteiger partial charge in [0.1, 0.15) is 17.6 Å². The lowest BCUT2D eigenvalue weighted by molar-refractivity contribution is -0.129. The van der Waals surface area contributed by atoms with Crippen LogP contribution in [0.1, 0.15) is 12.2 Å². The van der Waals surface area contributed by atoms with Crippen molar-refractivity contribution in [2.75, 3.05) is 12.0 Å². The minimum atomic E-state index is -1.02. The van der Waals surface area contributed by atoms with E-state index in [4.69, 9.17) is 4.52 Å². The van der Waals surface area contributed by atoms with Gasteiger partial charge in [0.05, 0.1) is 6.54 Å². The predicted molar refractivity (Wildman–Crippen MR) is 82.7 cm³/mol. The van der Waals surface area contributed by atoms with E-state index in [-0.39, 0.29) is 12.4 Å². The first-order valence-electron chi connectivity index (χ1n) is 6.76. The SMILES string of the molecule is CSCC[C@H](O)C(=O)NCc1cc(-c2ccc(F)cc2)no1. The highest BCUT2D eigenvalue weighted by Crippen LogP contribution is 2.19. The molecule has 1 aromatic carbocycles. The van der Waals surface area contributed by atoms with Crippen LogP contribution in [0.5, 0.6) is 0 Å². The fourth-order valence-electron chi connectivity index (χ4n) is 1.81. The van der Waals surface area contributed by atoms with Crippen LogP contribution in [0.2, 0.25) is 0 Å². The summed E-state index contributed by atoms with van der Waals surface area (Å²) in [6, 6.07) is 7.55. The number of nitrogens with one attached hydrogen (secondary N) is 1. The first-order valence-corrected chi connectivity index (χ1v) is 8.16. The van der Waals surface area contributed by atoms with Crippen LogP contribution >= 0.6 is 11.8 Å². The second-order valence-electron chi connectivity index (χ2n) is 4.70. The van der Waals surface area contributed by atoms with Crippen molar-refractivity contribution in [2.24, 2.45) is 0 Å². The third kappa shape index (κ3) is 4.57. The Kier molecular flexibility index (Phi) is 5.97. The predicted octanol–water partition coefficient (Wildman–Crippen LogP) is 2.21. The number of carbonyl (C=O) groups is 1. The number of aliphatic hydroxyl groups is 1. The Balaban J connectivity index is 1.89. The zero-order valence-electron chi connectivity index (χ0n) is 12.1. The van der Waals surface area contributed by atoms with Crippen LogP contribution in [-0.4, -0.2) is 34.3 Å². The first-order chi connectivity index (χ1) is 10.6. The van der Waals surface area contributed by atoms with Gasteiger partial charge in [0.25, 0.3) is 0 Å². The molecule has 0 fully saturated rings. The molecule has 0 aliphatic heterocycles. The van der Waals surface area contributed by atoms with E-state index in [1.165, 1.54) is 12.1 Å². The van der Waals surface area contributed by atoms with Gasteiger partial charge in [-0.1, -0.05) is 5.16 Å². The zero-order valence-corrected chi connectivity index (χ0v) is 12.9. The van der Waals surface area contributed by atoms with Gasteiger partial charge in [0, 0.05) is 11.6 Å². The van der Waals surface area contributed by atoms with E-state index in [0.29, 0.717) is 23.6 Å². The number of aromatic nitrogens is 1. The minimum absolute atomic E-state index is 0.142. The van der Waals surface area contributed by atoms with Crippen LogP contribution in [0.15, 0.2) is 34.9 Å². The van der Waals surface area contributed by atoms with Crippen molar-refractivity contribution in [2.45, 2.75) is 19.1 Å². The fraction of sp³-hybridized carbons (Fsp3) is 0.333. The molecule has 1 atom stereocenters. The lowest BCUT2D eigenvalue weighted by Gasteiger charge is -2.09. The van der Waals surface area contributed by atoms with Crippen molar-refractivity contribution in [3.63, 3.8) is 0 Å². The highest BCUT2D eigenvalue weighted by Gasteiger charge is 2.15. The highest BCUT2D eigenvalue weighted by atomic mass is 32.2. The number of rotatable bonds is 7. The molecule has 22 heavy (non-hydrogen) atoms. The van der Waals surface area contributed by atoms with Gasteiger partial charge in [-0.15, -0.1) is 0 Å². The number of benzene rings is 1. The van der Waals surface area contributed by atoms with E-state index in [0.717, 1.165) is 5.56 Å². The highest BCUT2D eigenvalue weighted by molar-refractivity contribution is 7.98. The Bertz CT molecular complexity index is 616. The molecule has 0 aliphatic rings. The largest absolute Gasteiger partial charge is 0.383 e. The summed E-state index contributed by atoms with van der Waals surface area (Å²) in [5, 5.41) is 16.1. The van der Waals surface area contributed by atoms with Crippen LogP contribution in [0.3, 0.4) is 0 Å². The molecule has 0 spiro atoms. The van der Waals surface area contributed by atoms with Gasteiger partial charge in [0.2, 0.25) is 5.91 Å². The van der Waals surface area contributed by atoms with Gasteiger partial charge in [-0.2, -0.15) is 11.8 Å². The average molecular weight is 324 g/mol. The molecule has 1 heterocycles. The van der Waals surface area contributed by atoms with Gasteiger partial charge in [-0.05, 0) is 42.7 Å². The van der Waals surface area contributed by atoms with Crippen molar-refractivity contribution >= 4 is 17.7 Å². The van der Waals surface area contributed by atoms with Crippen LogP contribution < -0.4 is 5.32 Å². The second-order valence-corrected chi connectivity index (χ2v) is 5.69. The quantitative estimate of drug-likeness (QED) is 0.817. The van der Waals surface area contributed by atoms with E-state index < -0.39 is 12.0 Å². The van der Waals surface area contributed by atoms with Gasteiger partial charge in [-0.25, -0.2) is 4.39 Å². The van der Waals surface area contributed by atoms with Crippen LogP contribution in [-0.2, 0) is 11.3 Å². The van der Waals surface area contributed by atoms with E-state index in [9.17, 15) is 14.3 Å². The second kappa shape index (κ2) is 7.95. The maximum absolute atomic E-state index is 12.9. The molecule has 118 valence electrons. The molecule has 0 bridgehead atoms. The summed E-state index contributed by atoms with van der Waals surface area (Å²) in [5.74, 6) is 0.420. The number of amides is 1. The van der Waals surface area contributed by atoms with E-state index in [1.807, 2.05) is 6.26 Å². The van der Waals surface area contributed by atoms with E-state index >= 15 is 0 Å². The average Bonchev–Trinajstić information content (AvgIpc) is 2.99. The zero-order chi connectivity index (χ0) is 15.9. The Morgan fingerprint density at radius 3 is 2.86 bits per heavy atom. The molecular formula is C15H17FN2O3S. The molecule has 0 radical (unpaired) electrons.